The number of aliphatic carboxylic acids is 2. The van der Waals surface area contributed by atoms with Crippen LogP contribution in [0.1, 0.15) is 38.5 Å². The van der Waals surface area contributed by atoms with Gasteiger partial charge in [0.05, 0.1) is 12.5 Å². The summed E-state index contributed by atoms with van der Waals surface area (Å²) in [4.78, 5) is 21.1. The van der Waals surface area contributed by atoms with E-state index in [4.69, 9.17) is 14.9 Å². The molecule has 1 aliphatic carbocycles. The van der Waals surface area contributed by atoms with Crippen LogP contribution in [0.4, 0.5) is 0 Å². The molecule has 1 unspecified atom stereocenters. The van der Waals surface area contributed by atoms with Crippen LogP contribution < -0.4 is 0 Å². The Hall–Kier alpha value is -1.10. The molecule has 5 heteroatoms. The van der Waals surface area contributed by atoms with E-state index in [2.05, 4.69) is 0 Å². The topological polar surface area (TPSA) is 83.8 Å². The maximum atomic E-state index is 10.7. The van der Waals surface area contributed by atoms with Gasteiger partial charge in [0.25, 0.3) is 0 Å². The molecule has 1 saturated carbocycles. The largest absolute Gasteiger partial charge is 0.481 e. The van der Waals surface area contributed by atoms with Crippen LogP contribution in [0.2, 0.25) is 0 Å². The van der Waals surface area contributed by atoms with Crippen molar-refractivity contribution in [2.75, 3.05) is 0 Å². The molecule has 0 bridgehead atoms. The summed E-state index contributed by atoms with van der Waals surface area (Å²) in [6.07, 6.45) is 3.13. The van der Waals surface area contributed by atoms with E-state index in [1.807, 2.05) is 0 Å². The fourth-order valence-electron chi connectivity index (χ4n) is 1.79. The number of carboxylic acids is 2. The Bertz CT molecular complexity index is 232. The third-order valence-electron chi connectivity index (χ3n) is 2.54. The number of ether oxygens (including phenoxy) is 1. The van der Waals surface area contributed by atoms with Crippen molar-refractivity contribution in [3.63, 3.8) is 0 Å². The second-order valence-corrected chi connectivity index (χ2v) is 3.82. The normalized spacial score (nSPS) is 19.7. The molecule has 5 nitrogen and oxygen atoms in total. The molecular weight excluding hydrogens is 200 g/mol. The molecule has 1 fully saturated rings. The monoisotopic (exact) mass is 216 g/mol. The minimum Gasteiger partial charge on any atom is -0.481 e. The molecular formula is C10H16O5. The zero-order valence-electron chi connectivity index (χ0n) is 8.52. The number of rotatable bonds is 5. The molecule has 1 rings (SSSR count). The Morgan fingerprint density at radius 2 is 1.80 bits per heavy atom. The molecule has 86 valence electrons. The van der Waals surface area contributed by atoms with Gasteiger partial charge in [-0.25, -0.2) is 4.79 Å². The predicted molar refractivity (Wildman–Crippen MR) is 51.6 cm³/mol. The summed E-state index contributed by atoms with van der Waals surface area (Å²) in [5.74, 6) is -2.33. The van der Waals surface area contributed by atoms with Crippen molar-refractivity contribution in [1.29, 1.82) is 0 Å². The van der Waals surface area contributed by atoms with Crippen molar-refractivity contribution < 1.29 is 24.5 Å². The molecule has 0 aromatic heterocycles. The molecule has 0 aromatic rings. The maximum Gasteiger partial charge on any atom is 0.333 e. The molecule has 1 atom stereocenters. The van der Waals surface area contributed by atoms with Gasteiger partial charge in [-0.3, -0.25) is 4.79 Å². The summed E-state index contributed by atoms with van der Waals surface area (Å²) < 4.78 is 5.28. The highest BCUT2D eigenvalue weighted by Crippen LogP contribution is 2.22. The minimum absolute atomic E-state index is 0.0841. The Balaban J connectivity index is 2.42. The van der Waals surface area contributed by atoms with E-state index >= 15 is 0 Å². The second-order valence-electron chi connectivity index (χ2n) is 3.82. The highest BCUT2D eigenvalue weighted by molar-refractivity contribution is 5.79. The summed E-state index contributed by atoms with van der Waals surface area (Å²) in [5.41, 5.74) is 0. The lowest BCUT2D eigenvalue weighted by Gasteiger charge is -2.24. The van der Waals surface area contributed by atoms with Crippen LogP contribution in [-0.4, -0.2) is 34.4 Å². The van der Waals surface area contributed by atoms with E-state index in [1.54, 1.807) is 0 Å². The van der Waals surface area contributed by atoms with Gasteiger partial charge in [0.15, 0.2) is 6.10 Å². The number of carbonyl (C=O) groups is 2. The summed E-state index contributed by atoms with van der Waals surface area (Å²) in [7, 11) is 0. The van der Waals surface area contributed by atoms with Crippen LogP contribution in [0.15, 0.2) is 0 Å². The van der Waals surface area contributed by atoms with Crippen LogP contribution in [-0.2, 0) is 14.3 Å². The van der Waals surface area contributed by atoms with E-state index in [0.717, 1.165) is 32.1 Å². The number of hydrogen-bond donors (Lipinski definition) is 2. The van der Waals surface area contributed by atoms with Gasteiger partial charge in [-0.05, 0) is 12.8 Å². The molecule has 15 heavy (non-hydrogen) atoms. The van der Waals surface area contributed by atoms with Gasteiger partial charge in [0, 0.05) is 0 Å². The highest BCUT2D eigenvalue weighted by Gasteiger charge is 2.26. The third kappa shape index (κ3) is 4.29. The summed E-state index contributed by atoms with van der Waals surface area (Å²) in [6, 6.07) is 0. The Kier molecular flexibility index (Phi) is 4.55. The second kappa shape index (κ2) is 5.70. The zero-order valence-corrected chi connectivity index (χ0v) is 8.52. The van der Waals surface area contributed by atoms with Gasteiger partial charge in [0.2, 0.25) is 0 Å². The average Bonchev–Trinajstić information content (AvgIpc) is 2.17. The summed E-state index contributed by atoms with van der Waals surface area (Å²) in [6.45, 7) is 0. The fraction of sp³-hybridized carbons (Fsp3) is 0.800. The molecule has 0 spiro atoms. The summed E-state index contributed by atoms with van der Waals surface area (Å²) in [5, 5.41) is 17.3. The van der Waals surface area contributed by atoms with Gasteiger partial charge in [0.1, 0.15) is 0 Å². The zero-order chi connectivity index (χ0) is 11.3. The van der Waals surface area contributed by atoms with Crippen molar-refractivity contribution in [2.45, 2.75) is 50.7 Å². The number of carboxylic acid groups (broad SMARTS) is 2. The van der Waals surface area contributed by atoms with Gasteiger partial charge in [-0.1, -0.05) is 19.3 Å². The van der Waals surface area contributed by atoms with Crippen molar-refractivity contribution in [1.82, 2.24) is 0 Å². The first kappa shape index (κ1) is 12.0. The van der Waals surface area contributed by atoms with Gasteiger partial charge in [-0.15, -0.1) is 0 Å². The predicted octanol–water partition coefficient (Wildman–Crippen LogP) is 1.26. The molecule has 0 aromatic carbocycles. The quantitative estimate of drug-likeness (QED) is 0.722. The van der Waals surface area contributed by atoms with Crippen LogP contribution >= 0.6 is 0 Å². The third-order valence-corrected chi connectivity index (χ3v) is 2.54. The van der Waals surface area contributed by atoms with Crippen molar-refractivity contribution in [2.24, 2.45) is 0 Å². The SMILES string of the molecule is O=C(O)CC(OC1CCCCC1)C(=O)O. The molecule has 2 N–H and O–H groups in total. The first-order chi connectivity index (χ1) is 7.09. The first-order valence-electron chi connectivity index (χ1n) is 5.19. The highest BCUT2D eigenvalue weighted by atomic mass is 16.5. The lowest BCUT2D eigenvalue weighted by atomic mass is 9.97. The van der Waals surface area contributed by atoms with Crippen LogP contribution in [0, 0.1) is 0 Å². The smallest absolute Gasteiger partial charge is 0.333 e. The standard InChI is InChI=1S/C10H16O5/c11-9(12)6-8(10(13)14)15-7-4-2-1-3-5-7/h7-8H,1-6H2,(H,11,12)(H,13,14). The fourth-order valence-corrected chi connectivity index (χ4v) is 1.79. The van der Waals surface area contributed by atoms with Gasteiger partial charge < -0.3 is 14.9 Å². The average molecular weight is 216 g/mol. The van der Waals surface area contributed by atoms with E-state index < -0.39 is 24.5 Å². The number of hydrogen-bond acceptors (Lipinski definition) is 3. The summed E-state index contributed by atoms with van der Waals surface area (Å²) >= 11 is 0. The van der Waals surface area contributed by atoms with E-state index in [0.29, 0.717) is 0 Å². The van der Waals surface area contributed by atoms with E-state index in [9.17, 15) is 9.59 Å². The Morgan fingerprint density at radius 1 is 1.20 bits per heavy atom. The van der Waals surface area contributed by atoms with Gasteiger partial charge in [-0.2, -0.15) is 0 Å². The lowest BCUT2D eigenvalue weighted by molar-refractivity contribution is -0.161. The molecule has 0 radical (unpaired) electrons. The molecule has 0 aliphatic heterocycles. The van der Waals surface area contributed by atoms with E-state index in [-0.39, 0.29) is 6.10 Å². The van der Waals surface area contributed by atoms with E-state index in [1.165, 1.54) is 0 Å². The van der Waals surface area contributed by atoms with Crippen molar-refractivity contribution in [3.8, 4) is 0 Å². The first-order valence-corrected chi connectivity index (χ1v) is 5.19. The minimum atomic E-state index is -1.20. The maximum absolute atomic E-state index is 10.7. The molecule has 0 heterocycles. The molecule has 1 aliphatic rings. The molecule has 0 saturated heterocycles. The van der Waals surface area contributed by atoms with Crippen molar-refractivity contribution >= 4 is 11.9 Å². The van der Waals surface area contributed by atoms with Crippen LogP contribution in [0.25, 0.3) is 0 Å². The van der Waals surface area contributed by atoms with Crippen LogP contribution in [0.5, 0.6) is 0 Å². The lowest BCUT2D eigenvalue weighted by Crippen LogP contribution is -2.32. The van der Waals surface area contributed by atoms with Crippen LogP contribution in [0.3, 0.4) is 0 Å². The Labute approximate surface area is 88.0 Å². The Morgan fingerprint density at radius 3 is 2.27 bits per heavy atom. The molecule has 0 amide bonds. The van der Waals surface area contributed by atoms with Crippen molar-refractivity contribution in [3.05, 3.63) is 0 Å². The van der Waals surface area contributed by atoms with Gasteiger partial charge >= 0.3 is 11.9 Å².